The quantitative estimate of drug-likeness (QED) is 0.436. The normalized spacial score (nSPS) is 12.5. The molecule has 138 valence electrons. The molecule has 6 nitrogen and oxygen atoms in total. The molecule has 0 radical (unpaired) electrons. The fourth-order valence-corrected chi connectivity index (χ4v) is 2.99. The van der Waals surface area contributed by atoms with E-state index in [1.54, 1.807) is 43.5 Å². The van der Waals surface area contributed by atoms with Gasteiger partial charge in [-0.25, -0.2) is 9.78 Å². The Labute approximate surface area is 160 Å². The van der Waals surface area contributed by atoms with E-state index < -0.39 is 12.1 Å². The molecule has 4 rings (SSSR count). The van der Waals surface area contributed by atoms with Gasteiger partial charge in [-0.2, -0.15) is 0 Å². The number of rotatable bonds is 4. The van der Waals surface area contributed by atoms with Gasteiger partial charge in [0.25, 0.3) is 5.56 Å². The number of H-pyrrole nitrogens is 1. The average Bonchev–Trinajstić information content (AvgIpc) is 2.72. The highest BCUT2D eigenvalue weighted by atomic mass is 16.5. The Bertz CT molecular complexity index is 1260. The van der Waals surface area contributed by atoms with Crippen LogP contribution in [0.15, 0.2) is 71.7 Å². The van der Waals surface area contributed by atoms with Crippen molar-refractivity contribution in [2.45, 2.75) is 13.0 Å². The maximum absolute atomic E-state index is 12.2. The third-order valence-corrected chi connectivity index (χ3v) is 4.37. The SMILES string of the molecule is CC(OC(=O)/C=C/c1cccc2cccnc12)c1nc2ccccc2c(=O)[nH]1. The lowest BCUT2D eigenvalue weighted by molar-refractivity contribution is -0.142. The van der Waals surface area contributed by atoms with Crippen molar-refractivity contribution in [2.24, 2.45) is 0 Å². The molecule has 0 aliphatic rings. The minimum Gasteiger partial charge on any atom is -0.451 e. The first-order chi connectivity index (χ1) is 13.6. The summed E-state index contributed by atoms with van der Waals surface area (Å²) in [4.78, 5) is 35.8. The summed E-state index contributed by atoms with van der Waals surface area (Å²) < 4.78 is 5.40. The summed E-state index contributed by atoms with van der Waals surface area (Å²) in [5, 5.41) is 1.48. The van der Waals surface area contributed by atoms with Crippen LogP contribution in [0.2, 0.25) is 0 Å². The fourth-order valence-electron chi connectivity index (χ4n) is 2.99. The Morgan fingerprint density at radius 1 is 1.11 bits per heavy atom. The monoisotopic (exact) mass is 371 g/mol. The third-order valence-electron chi connectivity index (χ3n) is 4.37. The molecule has 0 saturated carbocycles. The number of ether oxygens (including phenoxy) is 1. The summed E-state index contributed by atoms with van der Waals surface area (Å²) in [6, 6.07) is 16.6. The van der Waals surface area contributed by atoms with Gasteiger partial charge in [0.1, 0.15) is 0 Å². The van der Waals surface area contributed by atoms with Gasteiger partial charge in [0.15, 0.2) is 11.9 Å². The minimum absolute atomic E-state index is 0.263. The fraction of sp³-hybridized carbons (Fsp3) is 0.0909. The largest absolute Gasteiger partial charge is 0.451 e. The minimum atomic E-state index is -0.694. The zero-order valence-corrected chi connectivity index (χ0v) is 15.1. The van der Waals surface area contributed by atoms with E-state index in [2.05, 4.69) is 15.0 Å². The van der Waals surface area contributed by atoms with Gasteiger partial charge in [-0.05, 0) is 31.2 Å². The molecule has 6 heteroatoms. The molecule has 0 spiro atoms. The summed E-state index contributed by atoms with van der Waals surface area (Å²) >= 11 is 0. The van der Waals surface area contributed by atoms with Gasteiger partial charge in [-0.15, -0.1) is 0 Å². The Morgan fingerprint density at radius 2 is 1.93 bits per heavy atom. The number of benzene rings is 2. The van der Waals surface area contributed by atoms with Crippen molar-refractivity contribution in [1.29, 1.82) is 0 Å². The predicted octanol–water partition coefficient (Wildman–Crippen LogP) is 3.79. The molecular weight excluding hydrogens is 354 g/mol. The van der Waals surface area contributed by atoms with Gasteiger partial charge in [0, 0.05) is 23.2 Å². The molecule has 0 aliphatic carbocycles. The van der Waals surface area contributed by atoms with Gasteiger partial charge in [-0.1, -0.05) is 36.4 Å². The van der Waals surface area contributed by atoms with Crippen molar-refractivity contribution < 1.29 is 9.53 Å². The van der Waals surface area contributed by atoms with Crippen molar-refractivity contribution in [2.75, 3.05) is 0 Å². The predicted molar refractivity (Wildman–Crippen MR) is 108 cm³/mol. The molecule has 0 fully saturated rings. The van der Waals surface area contributed by atoms with E-state index in [9.17, 15) is 9.59 Å². The molecule has 2 aromatic carbocycles. The molecule has 4 aromatic rings. The maximum Gasteiger partial charge on any atom is 0.331 e. The van der Waals surface area contributed by atoms with Gasteiger partial charge in [-0.3, -0.25) is 9.78 Å². The molecule has 1 N–H and O–H groups in total. The molecule has 1 unspecified atom stereocenters. The number of fused-ring (bicyclic) bond motifs is 2. The maximum atomic E-state index is 12.2. The van der Waals surface area contributed by atoms with Crippen LogP contribution in [0, 0.1) is 0 Å². The van der Waals surface area contributed by atoms with Gasteiger partial charge < -0.3 is 9.72 Å². The van der Waals surface area contributed by atoms with Crippen LogP contribution in [0.1, 0.15) is 24.4 Å². The van der Waals surface area contributed by atoms with E-state index in [0.717, 1.165) is 16.5 Å². The molecule has 2 aromatic heterocycles. The number of aromatic amines is 1. The van der Waals surface area contributed by atoms with E-state index in [4.69, 9.17) is 4.74 Å². The van der Waals surface area contributed by atoms with Crippen LogP contribution < -0.4 is 5.56 Å². The lowest BCUT2D eigenvalue weighted by atomic mass is 10.1. The number of nitrogens with zero attached hydrogens (tertiary/aromatic N) is 2. The summed E-state index contributed by atoms with van der Waals surface area (Å²) in [6.45, 7) is 1.66. The van der Waals surface area contributed by atoms with Crippen LogP contribution in [-0.2, 0) is 9.53 Å². The van der Waals surface area contributed by atoms with Crippen molar-refractivity contribution >= 4 is 33.9 Å². The smallest absolute Gasteiger partial charge is 0.331 e. The molecule has 2 heterocycles. The van der Waals surface area contributed by atoms with E-state index >= 15 is 0 Å². The number of hydrogen-bond acceptors (Lipinski definition) is 5. The van der Waals surface area contributed by atoms with Crippen molar-refractivity contribution in [3.05, 3.63) is 88.6 Å². The number of carbonyl (C=O) groups is 1. The molecule has 1 atom stereocenters. The van der Waals surface area contributed by atoms with Crippen molar-refractivity contribution in [3.63, 3.8) is 0 Å². The number of pyridine rings is 1. The van der Waals surface area contributed by atoms with E-state index in [1.165, 1.54) is 6.08 Å². The molecular formula is C22H17N3O3. The first kappa shape index (κ1) is 17.6. The number of hydrogen-bond donors (Lipinski definition) is 1. The summed E-state index contributed by atoms with van der Waals surface area (Å²) in [5.41, 5.74) is 1.92. The van der Waals surface area contributed by atoms with Crippen LogP contribution >= 0.6 is 0 Å². The van der Waals surface area contributed by atoms with Crippen LogP contribution in [0.5, 0.6) is 0 Å². The zero-order chi connectivity index (χ0) is 19.5. The topological polar surface area (TPSA) is 84.9 Å². The lowest BCUT2D eigenvalue weighted by Gasteiger charge is -2.11. The lowest BCUT2D eigenvalue weighted by Crippen LogP contribution is -2.16. The number of carbonyl (C=O) groups excluding carboxylic acids is 1. The van der Waals surface area contributed by atoms with Gasteiger partial charge in [0.05, 0.1) is 16.4 Å². The van der Waals surface area contributed by atoms with E-state index in [-0.39, 0.29) is 5.56 Å². The number of aromatic nitrogens is 3. The number of esters is 1. The Balaban J connectivity index is 1.53. The summed E-state index contributed by atoms with van der Waals surface area (Å²) in [7, 11) is 0. The highest BCUT2D eigenvalue weighted by molar-refractivity contribution is 5.92. The third kappa shape index (κ3) is 3.53. The average molecular weight is 371 g/mol. The van der Waals surface area contributed by atoms with Crippen LogP contribution in [-0.4, -0.2) is 20.9 Å². The van der Waals surface area contributed by atoms with Crippen LogP contribution in [0.4, 0.5) is 0 Å². The Hall–Kier alpha value is -3.80. The van der Waals surface area contributed by atoms with Crippen LogP contribution in [0.25, 0.3) is 27.9 Å². The van der Waals surface area contributed by atoms with Crippen molar-refractivity contribution in [1.82, 2.24) is 15.0 Å². The number of nitrogens with one attached hydrogen (secondary N) is 1. The summed E-state index contributed by atoms with van der Waals surface area (Å²) in [5.74, 6) is -0.228. The first-order valence-electron chi connectivity index (χ1n) is 8.83. The van der Waals surface area contributed by atoms with Gasteiger partial charge in [0.2, 0.25) is 0 Å². The second kappa shape index (κ2) is 7.44. The van der Waals surface area contributed by atoms with Crippen molar-refractivity contribution in [3.8, 4) is 0 Å². The van der Waals surface area contributed by atoms with E-state index in [1.807, 2.05) is 30.3 Å². The van der Waals surface area contributed by atoms with Gasteiger partial charge >= 0.3 is 5.97 Å². The standard InChI is InChI=1S/C22H17N3O3/c1-14(21-24-18-10-3-2-9-17(18)22(27)25-21)28-19(26)12-11-16-7-4-6-15-8-5-13-23-20(15)16/h2-14H,1H3,(H,24,25,27)/b12-11+. The molecule has 0 aliphatic heterocycles. The van der Waals surface area contributed by atoms with E-state index in [0.29, 0.717) is 16.7 Å². The molecule has 0 bridgehead atoms. The zero-order valence-electron chi connectivity index (χ0n) is 15.1. The highest BCUT2D eigenvalue weighted by Gasteiger charge is 2.14. The summed E-state index contributed by atoms with van der Waals surface area (Å²) in [6.07, 6.45) is 4.03. The number of para-hydroxylation sites is 2. The second-order valence-electron chi connectivity index (χ2n) is 6.30. The first-order valence-corrected chi connectivity index (χ1v) is 8.83. The van der Waals surface area contributed by atoms with Crippen LogP contribution in [0.3, 0.4) is 0 Å². The molecule has 0 amide bonds. The molecule has 28 heavy (non-hydrogen) atoms. The Morgan fingerprint density at radius 3 is 2.82 bits per heavy atom. The molecule has 0 saturated heterocycles. The highest BCUT2D eigenvalue weighted by Crippen LogP contribution is 2.18. The Kier molecular flexibility index (Phi) is 4.68. The second-order valence-corrected chi connectivity index (χ2v) is 6.30.